The van der Waals surface area contributed by atoms with Crippen molar-refractivity contribution in [1.29, 1.82) is 0 Å². The number of hydrogen-bond donors (Lipinski definition) is 2. The van der Waals surface area contributed by atoms with Crippen molar-refractivity contribution in [3.05, 3.63) is 35.9 Å². The molecule has 1 saturated heterocycles. The summed E-state index contributed by atoms with van der Waals surface area (Å²) in [4.78, 5) is 24.2. The summed E-state index contributed by atoms with van der Waals surface area (Å²) in [6.45, 7) is 0.192. The van der Waals surface area contributed by atoms with Gasteiger partial charge in [0, 0.05) is 26.2 Å². The van der Waals surface area contributed by atoms with Gasteiger partial charge in [-0.3, -0.25) is 0 Å². The summed E-state index contributed by atoms with van der Waals surface area (Å²) in [7, 11) is 0. The van der Waals surface area contributed by atoms with Gasteiger partial charge in [0.05, 0.1) is 0 Å². The van der Waals surface area contributed by atoms with Gasteiger partial charge in [0.2, 0.25) is 0 Å². The zero-order valence-electron chi connectivity index (χ0n) is 15.0. The van der Waals surface area contributed by atoms with Gasteiger partial charge in [-0.15, -0.1) is 0 Å². The highest BCUT2D eigenvalue weighted by Crippen LogP contribution is 2.36. The minimum absolute atomic E-state index is 0.0702. The first-order chi connectivity index (χ1) is 13.5. The van der Waals surface area contributed by atoms with Crippen LogP contribution in [0, 0.1) is 5.92 Å². The van der Waals surface area contributed by atoms with E-state index in [2.05, 4.69) is 15.4 Å². The third kappa shape index (κ3) is 7.02. The van der Waals surface area contributed by atoms with Crippen molar-refractivity contribution in [3.8, 4) is 0 Å². The molecule has 162 valence electrons. The first-order valence-electron chi connectivity index (χ1n) is 8.61. The van der Waals surface area contributed by atoms with Gasteiger partial charge in [-0.2, -0.15) is 26.3 Å². The molecule has 0 radical (unpaired) electrons. The maximum atomic E-state index is 12.5. The minimum Gasteiger partial charge on any atom is -0.426 e. The molecule has 0 aromatic heterocycles. The van der Waals surface area contributed by atoms with E-state index in [1.165, 1.54) is 0 Å². The van der Waals surface area contributed by atoms with Gasteiger partial charge in [-0.1, -0.05) is 30.3 Å². The number of hydrogen-bond acceptors (Lipinski definition) is 3. The summed E-state index contributed by atoms with van der Waals surface area (Å²) in [5.41, 5.74) is 0.876. The fourth-order valence-electron chi connectivity index (χ4n) is 2.74. The lowest BCUT2D eigenvalue weighted by atomic mass is 10.1. The topological polar surface area (TPSA) is 70.7 Å². The molecule has 2 rings (SSSR count). The van der Waals surface area contributed by atoms with E-state index in [0.717, 1.165) is 10.5 Å². The van der Waals surface area contributed by atoms with Gasteiger partial charge in [0.25, 0.3) is 6.10 Å². The number of ether oxygens (including phenoxy) is 1. The minimum atomic E-state index is -5.76. The molecule has 1 unspecified atom stereocenters. The number of urea groups is 1. The third-order valence-electron chi connectivity index (χ3n) is 4.20. The summed E-state index contributed by atoms with van der Waals surface area (Å²) < 4.78 is 78.5. The van der Waals surface area contributed by atoms with Crippen LogP contribution in [0.25, 0.3) is 0 Å². The Labute approximate surface area is 162 Å². The largest absolute Gasteiger partial charge is 0.434 e. The van der Waals surface area contributed by atoms with Crippen LogP contribution in [0.4, 0.5) is 35.9 Å². The smallest absolute Gasteiger partial charge is 0.426 e. The van der Waals surface area contributed by atoms with Crippen LogP contribution in [0.1, 0.15) is 12.0 Å². The molecule has 2 N–H and O–H groups in total. The summed E-state index contributed by atoms with van der Waals surface area (Å²) in [6.07, 6.45) is -17.1. The van der Waals surface area contributed by atoms with Crippen LogP contribution in [0.2, 0.25) is 0 Å². The second kappa shape index (κ2) is 9.23. The molecule has 1 aliphatic heterocycles. The summed E-state index contributed by atoms with van der Waals surface area (Å²) in [5.74, 6) is -0.319. The quantitative estimate of drug-likeness (QED) is 0.708. The number of nitrogens with one attached hydrogen (secondary N) is 2. The van der Waals surface area contributed by atoms with Crippen LogP contribution in [0.5, 0.6) is 0 Å². The van der Waals surface area contributed by atoms with E-state index in [1.807, 2.05) is 30.3 Å². The predicted octanol–water partition coefficient (Wildman–Crippen LogP) is 3.44. The predicted molar refractivity (Wildman–Crippen MR) is 88.7 cm³/mol. The molecule has 1 aliphatic rings. The van der Waals surface area contributed by atoms with E-state index in [0.29, 0.717) is 6.42 Å². The van der Waals surface area contributed by atoms with Crippen molar-refractivity contribution in [2.24, 2.45) is 5.92 Å². The molecule has 0 bridgehead atoms. The normalized spacial score (nSPS) is 17.3. The van der Waals surface area contributed by atoms with Gasteiger partial charge in [-0.05, 0) is 17.9 Å². The molecular formula is C17H19F6N3O3. The van der Waals surface area contributed by atoms with Crippen LogP contribution in [-0.2, 0) is 11.3 Å². The van der Waals surface area contributed by atoms with Crippen LogP contribution in [-0.4, -0.2) is 55.1 Å². The first kappa shape index (κ1) is 22.6. The number of amides is 3. The van der Waals surface area contributed by atoms with Gasteiger partial charge >= 0.3 is 24.5 Å². The van der Waals surface area contributed by atoms with E-state index < -0.39 is 30.6 Å². The molecule has 0 spiro atoms. The standard InChI is InChI=1S/C17H19F6N3O3/c18-16(19,20)13(17(21,22)23)29-15(28)26-7-6-12(10-26)9-25-14(27)24-8-11-4-2-1-3-5-11/h1-5,12-13H,6-10H2,(H2,24,25,27). The highest BCUT2D eigenvalue weighted by molar-refractivity contribution is 5.73. The summed E-state index contributed by atoms with van der Waals surface area (Å²) in [6, 6.07) is 8.59. The van der Waals surface area contributed by atoms with Crippen LogP contribution in [0.15, 0.2) is 30.3 Å². The SMILES string of the molecule is O=C(NCc1ccccc1)NCC1CCN(C(=O)OC(C(F)(F)F)C(F)(F)F)C1. The molecule has 6 nitrogen and oxygen atoms in total. The number of benzene rings is 1. The summed E-state index contributed by atoms with van der Waals surface area (Å²) >= 11 is 0. The molecule has 1 aromatic rings. The number of carbonyl (C=O) groups excluding carboxylic acids is 2. The van der Waals surface area contributed by atoms with Crippen molar-refractivity contribution >= 4 is 12.1 Å². The number of nitrogens with zero attached hydrogens (tertiary/aromatic N) is 1. The number of halogens is 6. The molecule has 1 atom stereocenters. The zero-order chi connectivity index (χ0) is 21.7. The number of rotatable bonds is 5. The molecule has 1 aromatic carbocycles. The van der Waals surface area contributed by atoms with Crippen molar-refractivity contribution in [2.75, 3.05) is 19.6 Å². The highest BCUT2D eigenvalue weighted by Gasteiger charge is 2.60. The number of carbonyl (C=O) groups is 2. The average molecular weight is 427 g/mol. The Morgan fingerprint density at radius 2 is 1.69 bits per heavy atom. The third-order valence-corrected chi connectivity index (χ3v) is 4.20. The Bertz CT molecular complexity index is 682. The van der Waals surface area contributed by atoms with Gasteiger partial charge in [0.15, 0.2) is 0 Å². The monoisotopic (exact) mass is 427 g/mol. The van der Waals surface area contributed by atoms with Gasteiger partial charge in [0.1, 0.15) is 0 Å². The Morgan fingerprint density at radius 3 is 2.28 bits per heavy atom. The maximum absolute atomic E-state index is 12.5. The van der Waals surface area contributed by atoms with E-state index in [9.17, 15) is 35.9 Å². The molecule has 1 heterocycles. The first-order valence-corrected chi connectivity index (χ1v) is 8.61. The number of alkyl halides is 6. The molecule has 0 aliphatic carbocycles. The van der Waals surface area contributed by atoms with E-state index in [4.69, 9.17) is 0 Å². The molecule has 12 heteroatoms. The van der Waals surface area contributed by atoms with Crippen molar-refractivity contribution in [1.82, 2.24) is 15.5 Å². The molecule has 1 fully saturated rings. The number of likely N-dealkylation sites (tertiary alicyclic amines) is 1. The van der Waals surface area contributed by atoms with Gasteiger partial charge < -0.3 is 20.3 Å². The Balaban J connectivity index is 1.76. The zero-order valence-corrected chi connectivity index (χ0v) is 15.0. The lowest BCUT2D eigenvalue weighted by Crippen LogP contribution is -2.48. The fraction of sp³-hybridized carbons (Fsp3) is 0.529. The Hall–Kier alpha value is -2.66. The molecule has 29 heavy (non-hydrogen) atoms. The van der Waals surface area contributed by atoms with Crippen LogP contribution >= 0.6 is 0 Å². The maximum Gasteiger partial charge on any atom is 0.434 e. The highest BCUT2D eigenvalue weighted by atomic mass is 19.4. The van der Waals surface area contributed by atoms with Crippen LogP contribution in [0.3, 0.4) is 0 Å². The molecule has 3 amide bonds. The lowest BCUT2D eigenvalue weighted by Gasteiger charge is -2.25. The van der Waals surface area contributed by atoms with Crippen molar-refractivity contribution < 1.29 is 40.7 Å². The molecular weight excluding hydrogens is 408 g/mol. The Morgan fingerprint density at radius 1 is 1.07 bits per heavy atom. The van der Waals surface area contributed by atoms with Gasteiger partial charge in [-0.25, -0.2) is 9.59 Å². The Kier molecular flexibility index (Phi) is 7.20. The van der Waals surface area contributed by atoms with E-state index >= 15 is 0 Å². The van der Waals surface area contributed by atoms with Crippen LogP contribution < -0.4 is 10.6 Å². The van der Waals surface area contributed by atoms with E-state index in [1.54, 1.807) is 0 Å². The van der Waals surface area contributed by atoms with Crippen molar-refractivity contribution in [2.45, 2.75) is 31.4 Å². The average Bonchev–Trinajstić information content (AvgIpc) is 3.10. The lowest BCUT2D eigenvalue weighted by molar-refractivity contribution is -0.308. The van der Waals surface area contributed by atoms with Crippen molar-refractivity contribution in [3.63, 3.8) is 0 Å². The second-order valence-electron chi connectivity index (χ2n) is 6.50. The molecule has 0 saturated carbocycles. The fourth-order valence-corrected chi connectivity index (χ4v) is 2.74. The summed E-state index contributed by atoms with van der Waals surface area (Å²) in [5, 5.41) is 5.17. The van der Waals surface area contributed by atoms with E-state index in [-0.39, 0.29) is 32.1 Å². The second-order valence-corrected chi connectivity index (χ2v) is 6.50.